The van der Waals surface area contributed by atoms with E-state index in [9.17, 15) is 4.79 Å². The van der Waals surface area contributed by atoms with Crippen molar-refractivity contribution in [2.45, 2.75) is 64.6 Å². The number of carbonyl (C=O) groups is 1. The van der Waals surface area contributed by atoms with Gasteiger partial charge in [0.25, 0.3) is 0 Å². The summed E-state index contributed by atoms with van der Waals surface area (Å²) >= 11 is 0. The van der Waals surface area contributed by atoms with Crippen molar-refractivity contribution in [2.75, 3.05) is 24.5 Å². The Hall–Kier alpha value is -3.11. The number of anilines is 1. The van der Waals surface area contributed by atoms with Gasteiger partial charge in [-0.25, -0.2) is 0 Å². The molecule has 1 unspecified atom stereocenters. The summed E-state index contributed by atoms with van der Waals surface area (Å²) in [5.74, 6) is -0.0611. The van der Waals surface area contributed by atoms with Crippen LogP contribution in [0.3, 0.4) is 0 Å². The van der Waals surface area contributed by atoms with E-state index in [-0.39, 0.29) is 11.8 Å². The highest BCUT2D eigenvalue weighted by Crippen LogP contribution is 2.49. The Labute approximate surface area is 215 Å². The van der Waals surface area contributed by atoms with E-state index < -0.39 is 0 Å². The average molecular weight is 480 g/mol. The molecule has 1 atom stereocenters. The van der Waals surface area contributed by atoms with E-state index in [1.54, 1.807) is 0 Å². The number of amides is 1. The van der Waals surface area contributed by atoms with Gasteiger partial charge in [0, 0.05) is 44.5 Å². The molecule has 1 saturated heterocycles. The molecule has 1 amide bonds. The van der Waals surface area contributed by atoms with E-state index in [0.717, 1.165) is 64.0 Å². The first kappa shape index (κ1) is 23.3. The van der Waals surface area contributed by atoms with Crippen LogP contribution in [0.2, 0.25) is 0 Å². The van der Waals surface area contributed by atoms with Crippen LogP contribution in [0.25, 0.3) is 11.1 Å². The van der Waals surface area contributed by atoms with Crippen molar-refractivity contribution in [1.82, 2.24) is 10.2 Å². The summed E-state index contributed by atoms with van der Waals surface area (Å²) in [6.07, 6.45) is 4.27. The molecule has 3 aromatic carbocycles. The molecule has 3 aromatic rings. The smallest absolute Gasteiger partial charge is 0.232 e. The molecule has 3 aliphatic rings. The molecule has 6 rings (SSSR count). The lowest BCUT2D eigenvalue weighted by atomic mass is 9.87. The molecule has 0 bridgehead atoms. The van der Waals surface area contributed by atoms with Crippen LogP contribution in [0.5, 0.6) is 0 Å². The Bertz CT molecular complexity index is 1250. The molecular formula is C32H37N3O. The van der Waals surface area contributed by atoms with Crippen LogP contribution in [0.1, 0.15) is 66.8 Å². The van der Waals surface area contributed by atoms with Gasteiger partial charge in [-0.15, -0.1) is 0 Å². The predicted molar refractivity (Wildman–Crippen MR) is 147 cm³/mol. The quantitative estimate of drug-likeness (QED) is 0.439. The zero-order chi connectivity index (χ0) is 24.6. The fourth-order valence-corrected chi connectivity index (χ4v) is 6.40. The maximum absolute atomic E-state index is 13.5. The van der Waals surface area contributed by atoms with Crippen molar-refractivity contribution in [3.8, 4) is 11.1 Å². The highest BCUT2D eigenvalue weighted by atomic mass is 16.1. The van der Waals surface area contributed by atoms with Crippen molar-refractivity contribution in [3.05, 3.63) is 88.5 Å². The summed E-state index contributed by atoms with van der Waals surface area (Å²) in [6.45, 7) is 9.35. The van der Waals surface area contributed by atoms with Crippen molar-refractivity contribution in [1.29, 1.82) is 0 Å². The second-order valence-corrected chi connectivity index (χ2v) is 10.7. The van der Waals surface area contributed by atoms with Crippen LogP contribution in [0, 0.1) is 0 Å². The van der Waals surface area contributed by atoms with Crippen LogP contribution in [-0.4, -0.2) is 36.5 Å². The van der Waals surface area contributed by atoms with Gasteiger partial charge in [-0.3, -0.25) is 9.69 Å². The first-order valence-electron chi connectivity index (χ1n) is 13.8. The molecule has 1 aliphatic carbocycles. The molecule has 4 heteroatoms. The number of unbranched alkanes of at least 4 members (excludes halogenated alkanes) is 1. The number of hydrogen-bond donors (Lipinski definition) is 1. The third-order valence-corrected chi connectivity index (χ3v) is 8.36. The van der Waals surface area contributed by atoms with Gasteiger partial charge in [-0.05, 0) is 64.3 Å². The minimum absolute atomic E-state index is 0.147. The van der Waals surface area contributed by atoms with Crippen LogP contribution in [0.15, 0.2) is 60.7 Å². The van der Waals surface area contributed by atoms with E-state index in [2.05, 4.69) is 89.6 Å². The number of fused-ring (bicyclic) bond motifs is 4. The zero-order valence-electron chi connectivity index (χ0n) is 21.6. The van der Waals surface area contributed by atoms with Crippen molar-refractivity contribution >= 4 is 11.6 Å². The van der Waals surface area contributed by atoms with E-state index in [4.69, 9.17) is 0 Å². The second kappa shape index (κ2) is 9.74. The first-order chi connectivity index (χ1) is 17.7. The SMILES string of the molecule is CCCCc1c(N2CC(N3Cc4ccccc4C3)C2)ccc2c1C(C(=O)NCCC)c1ccccc1-2. The standard InChI is InChI=1S/C32H37N3O/c1-3-5-12-28-29(35-20-24(21-35)34-18-22-10-6-7-11-23(22)19-34)16-15-27-25-13-8-9-14-26(25)31(30(27)28)32(36)33-17-4-2/h6-11,13-16,24,31H,3-5,12,17-21H2,1-2H3,(H,33,36). The summed E-state index contributed by atoms with van der Waals surface area (Å²) < 4.78 is 0. The van der Waals surface area contributed by atoms with Gasteiger partial charge in [-0.2, -0.15) is 0 Å². The number of nitrogens with zero attached hydrogens (tertiary/aromatic N) is 2. The lowest BCUT2D eigenvalue weighted by Crippen LogP contribution is -2.58. The summed E-state index contributed by atoms with van der Waals surface area (Å²) in [5.41, 5.74) is 10.6. The third kappa shape index (κ3) is 3.92. The average Bonchev–Trinajstić information content (AvgIpc) is 3.45. The van der Waals surface area contributed by atoms with Crippen molar-refractivity contribution in [3.63, 3.8) is 0 Å². The van der Waals surface area contributed by atoms with Gasteiger partial charge in [0.1, 0.15) is 0 Å². The number of benzene rings is 3. The normalized spacial score (nSPS) is 18.5. The summed E-state index contributed by atoms with van der Waals surface area (Å²) in [7, 11) is 0. The van der Waals surface area contributed by atoms with Crippen molar-refractivity contribution in [2.24, 2.45) is 0 Å². The summed E-state index contributed by atoms with van der Waals surface area (Å²) in [5, 5.41) is 3.21. The minimum Gasteiger partial charge on any atom is -0.368 e. The lowest BCUT2D eigenvalue weighted by Gasteiger charge is -2.46. The topological polar surface area (TPSA) is 35.6 Å². The molecule has 4 nitrogen and oxygen atoms in total. The maximum Gasteiger partial charge on any atom is 0.232 e. The van der Waals surface area contributed by atoms with Crippen LogP contribution >= 0.6 is 0 Å². The fourth-order valence-electron chi connectivity index (χ4n) is 6.40. The minimum atomic E-state index is -0.209. The Morgan fingerprint density at radius 3 is 2.33 bits per heavy atom. The maximum atomic E-state index is 13.5. The Kier molecular flexibility index (Phi) is 6.30. The highest BCUT2D eigenvalue weighted by molar-refractivity contribution is 5.98. The van der Waals surface area contributed by atoms with Crippen LogP contribution in [0.4, 0.5) is 5.69 Å². The lowest BCUT2D eigenvalue weighted by molar-refractivity contribution is -0.121. The molecule has 0 aromatic heterocycles. The largest absolute Gasteiger partial charge is 0.368 e. The molecular weight excluding hydrogens is 442 g/mol. The Morgan fingerprint density at radius 2 is 1.61 bits per heavy atom. The van der Waals surface area contributed by atoms with E-state index in [1.807, 2.05) is 0 Å². The highest BCUT2D eigenvalue weighted by Gasteiger charge is 2.40. The van der Waals surface area contributed by atoms with Gasteiger partial charge in [0.2, 0.25) is 5.91 Å². The molecule has 0 saturated carbocycles. The van der Waals surface area contributed by atoms with Gasteiger partial charge in [0.15, 0.2) is 0 Å². The van der Waals surface area contributed by atoms with Gasteiger partial charge in [0.05, 0.1) is 5.92 Å². The number of nitrogens with one attached hydrogen (secondary N) is 1. The van der Waals surface area contributed by atoms with E-state index >= 15 is 0 Å². The summed E-state index contributed by atoms with van der Waals surface area (Å²) in [6, 6.07) is 22.6. The Balaban J connectivity index is 1.31. The molecule has 1 N–H and O–H groups in total. The molecule has 2 heterocycles. The van der Waals surface area contributed by atoms with E-state index in [0.29, 0.717) is 6.04 Å². The molecule has 36 heavy (non-hydrogen) atoms. The van der Waals surface area contributed by atoms with Gasteiger partial charge >= 0.3 is 0 Å². The molecule has 0 radical (unpaired) electrons. The third-order valence-electron chi connectivity index (χ3n) is 8.36. The molecule has 2 aliphatic heterocycles. The second-order valence-electron chi connectivity index (χ2n) is 10.7. The number of rotatable bonds is 8. The number of carbonyl (C=O) groups excluding carboxylic acids is 1. The molecule has 186 valence electrons. The van der Waals surface area contributed by atoms with Gasteiger partial charge in [-0.1, -0.05) is 74.9 Å². The van der Waals surface area contributed by atoms with Crippen molar-refractivity contribution < 1.29 is 4.79 Å². The zero-order valence-corrected chi connectivity index (χ0v) is 21.6. The van der Waals surface area contributed by atoms with Crippen LogP contribution in [-0.2, 0) is 24.3 Å². The monoisotopic (exact) mass is 479 g/mol. The number of hydrogen-bond acceptors (Lipinski definition) is 3. The molecule has 0 spiro atoms. The summed E-state index contributed by atoms with van der Waals surface area (Å²) in [4.78, 5) is 18.7. The Morgan fingerprint density at radius 1 is 0.889 bits per heavy atom. The predicted octanol–water partition coefficient (Wildman–Crippen LogP) is 5.87. The van der Waals surface area contributed by atoms with Gasteiger partial charge < -0.3 is 10.2 Å². The van der Waals surface area contributed by atoms with E-state index in [1.165, 1.54) is 39.1 Å². The first-order valence-corrected chi connectivity index (χ1v) is 13.8. The molecule has 1 fully saturated rings. The fraction of sp³-hybridized carbons (Fsp3) is 0.406. The van der Waals surface area contributed by atoms with Crippen LogP contribution < -0.4 is 10.2 Å².